The molecule has 1 amide bonds. The van der Waals surface area contributed by atoms with E-state index >= 15 is 0 Å². The maximum Gasteiger partial charge on any atom is 0.234 e. The van der Waals surface area contributed by atoms with E-state index in [1.165, 1.54) is 36.0 Å². The van der Waals surface area contributed by atoms with Crippen molar-refractivity contribution in [2.75, 3.05) is 18.2 Å². The van der Waals surface area contributed by atoms with Crippen molar-refractivity contribution in [3.8, 4) is 17.0 Å². The van der Waals surface area contributed by atoms with Crippen LogP contribution in [0.5, 0.6) is 5.75 Å². The topological polar surface area (TPSA) is 64.1 Å². The maximum absolute atomic E-state index is 12.8. The first-order valence-electron chi connectivity index (χ1n) is 7.80. The number of thioether (sulfide) groups is 1. The predicted octanol–water partition coefficient (Wildman–Crippen LogP) is 4.02. The molecule has 0 radical (unpaired) electrons. The lowest BCUT2D eigenvalue weighted by molar-refractivity contribution is -0.113. The first kappa shape index (κ1) is 17.9. The Morgan fingerprint density at radius 3 is 2.38 bits per heavy atom. The van der Waals surface area contributed by atoms with Gasteiger partial charge < -0.3 is 10.1 Å². The molecule has 0 unspecified atom stereocenters. The van der Waals surface area contributed by atoms with E-state index in [1.54, 1.807) is 7.11 Å². The van der Waals surface area contributed by atoms with Crippen molar-refractivity contribution < 1.29 is 13.9 Å². The third-order valence-corrected chi connectivity index (χ3v) is 4.43. The van der Waals surface area contributed by atoms with E-state index in [4.69, 9.17) is 4.74 Å². The molecule has 0 saturated heterocycles. The standard InChI is InChI=1S/C19H16FN3O2S/c1-25-16-8-2-13(3-9-16)17-10-11-19(23-22-17)26-12-18(24)21-15-6-4-14(20)5-7-15/h2-11H,12H2,1H3,(H,21,24). The van der Waals surface area contributed by atoms with Gasteiger partial charge in [-0.1, -0.05) is 11.8 Å². The van der Waals surface area contributed by atoms with E-state index in [-0.39, 0.29) is 17.5 Å². The number of nitrogens with zero attached hydrogens (tertiary/aromatic N) is 2. The van der Waals surface area contributed by atoms with Crippen LogP contribution < -0.4 is 10.1 Å². The van der Waals surface area contributed by atoms with E-state index in [0.717, 1.165) is 17.0 Å². The molecule has 1 heterocycles. The number of halogens is 1. The summed E-state index contributed by atoms with van der Waals surface area (Å²) in [4.78, 5) is 11.9. The SMILES string of the molecule is COc1ccc(-c2ccc(SCC(=O)Nc3ccc(F)cc3)nn2)cc1. The number of carbonyl (C=O) groups excluding carboxylic acids is 1. The molecule has 5 nitrogen and oxygen atoms in total. The van der Waals surface area contributed by atoms with Gasteiger partial charge in [-0.05, 0) is 60.7 Å². The van der Waals surface area contributed by atoms with Crippen LogP contribution in [0.15, 0.2) is 65.7 Å². The third-order valence-electron chi connectivity index (χ3n) is 3.50. The monoisotopic (exact) mass is 369 g/mol. The lowest BCUT2D eigenvalue weighted by Gasteiger charge is -2.05. The lowest BCUT2D eigenvalue weighted by atomic mass is 10.1. The molecule has 26 heavy (non-hydrogen) atoms. The summed E-state index contributed by atoms with van der Waals surface area (Å²) in [5.74, 6) is 0.432. The van der Waals surface area contributed by atoms with E-state index < -0.39 is 0 Å². The average Bonchev–Trinajstić information content (AvgIpc) is 2.69. The number of carbonyl (C=O) groups is 1. The minimum Gasteiger partial charge on any atom is -0.497 e. The molecule has 1 N–H and O–H groups in total. The number of amides is 1. The van der Waals surface area contributed by atoms with Gasteiger partial charge in [0, 0.05) is 11.3 Å². The van der Waals surface area contributed by atoms with Gasteiger partial charge >= 0.3 is 0 Å². The summed E-state index contributed by atoms with van der Waals surface area (Å²) in [6, 6.07) is 16.8. The van der Waals surface area contributed by atoms with Gasteiger partial charge in [-0.3, -0.25) is 4.79 Å². The van der Waals surface area contributed by atoms with Crippen molar-refractivity contribution >= 4 is 23.4 Å². The molecule has 3 aromatic rings. The van der Waals surface area contributed by atoms with Gasteiger partial charge in [0.1, 0.15) is 16.6 Å². The third kappa shape index (κ3) is 4.80. The zero-order valence-electron chi connectivity index (χ0n) is 14.0. The molecule has 0 fully saturated rings. The fraction of sp³-hybridized carbons (Fsp3) is 0.105. The Hall–Kier alpha value is -2.93. The van der Waals surface area contributed by atoms with Crippen molar-refractivity contribution in [3.63, 3.8) is 0 Å². The molecule has 0 aliphatic rings. The number of anilines is 1. The molecule has 2 aromatic carbocycles. The van der Waals surface area contributed by atoms with Crippen LogP contribution in [-0.2, 0) is 4.79 Å². The summed E-state index contributed by atoms with van der Waals surface area (Å²) in [6.45, 7) is 0. The lowest BCUT2D eigenvalue weighted by Crippen LogP contribution is -2.14. The molecule has 1 aromatic heterocycles. The zero-order chi connectivity index (χ0) is 18.4. The van der Waals surface area contributed by atoms with Gasteiger partial charge in [0.25, 0.3) is 0 Å². The minimum absolute atomic E-state index is 0.188. The normalized spacial score (nSPS) is 10.4. The van der Waals surface area contributed by atoms with Gasteiger partial charge in [-0.25, -0.2) is 4.39 Å². The van der Waals surface area contributed by atoms with E-state index in [1.807, 2.05) is 36.4 Å². The smallest absolute Gasteiger partial charge is 0.234 e. The zero-order valence-corrected chi connectivity index (χ0v) is 14.8. The number of rotatable bonds is 6. The minimum atomic E-state index is -0.343. The van der Waals surface area contributed by atoms with Crippen molar-refractivity contribution in [3.05, 3.63) is 66.5 Å². The summed E-state index contributed by atoms with van der Waals surface area (Å²) in [5.41, 5.74) is 2.23. The summed E-state index contributed by atoms with van der Waals surface area (Å²) in [7, 11) is 1.62. The van der Waals surface area contributed by atoms with Gasteiger partial charge in [0.15, 0.2) is 0 Å². The largest absolute Gasteiger partial charge is 0.497 e. The van der Waals surface area contributed by atoms with E-state index in [2.05, 4.69) is 15.5 Å². The predicted molar refractivity (Wildman–Crippen MR) is 99.8 cm³/mol. The second kappa shape index (κ2) is 8.44. The summed E-state index contributed by atoms with van der Waals surface area (Å²) >= 11 is 1.28. The van der Waals surface area contributed by atoms with Crippen LogP contribution in [0.1, 0.15) is 0 Å². The molecule has 0 bridgehead atoms. The quantitative estimate of drug-likeness (QED) is 0.665. The van der Waals surface area contributed by atoms with Crippen LogP contribution in [-0.4, -0.2) is 29.0 Å². The van der Waals surface area contributed by atoms with Crippen molar-refractivity contribution in [2.45, 2.75) is 5.03 Å². The van der Waals surface area contributed by atoms with Gasteiger partial charge in [0.05, 0.1) is 18.6 Å². The van der Waals surface area contributed by atoms with Crippen molar-refractivity contribution in [1.29, 1.82) is 0 Å². The molecule has 0 aliphatic heterocycles. The Bertz CT molecular complexity index is 869. The molecule has 132 valence electrons. The Balaban J connectivity index is 1.55. The number of hydrogen-bond acceptors (Lipinski definition) is 5. The fourth-order valence-corrected chi connectivity index (χ4v) is 2.80. The second-order valence-electron chi connectivity index (χ2n) is 5.33. The number of nitrogens with one attached hydrogen (secondary N) is 1. The molecule has 0 spiro atoms. The highest BCUT2D eigenvalue weighted by Gasteiger charge is 2.06. The van der Waals surface area contributed by atoms with Crippen LogP contribution in [0.25, 0.3) is 11.3 Å². The molecular formula is C19H16FN3O2S. The van der Waals surface area contributed by atoms with Gasteiger partial charge in [-0.15, -0.1) is 10.2 Å². The summed E-state index contributed by atoms with van der Waals surface area (Å²) in [5, 5.41) is 11.7. The molecule has 7 heteroatoms. The summed E-state index contributed by atoms with van der Waals surface area (Å²) in [6.07, 6.45) is 0. The van der Waals surface area contributed by atoms with E-state index in [0.29, 0.717) is 10.7 Å². The highest BCUT2D eigenvalue weighted by atomic mass is 32.2. The van der Waals surface area contributed by atoms with Crippen LogP contribution in [0.4, 0.5) is 10.1 Å². The fourth-order valence-electron chi connectivity index (χ4n) is 2.18. The highest BCUT2D eigenvalue weighted by Crippen LogP contribution is 2.22. The number of benzene rings is 2. The summed E-state index contributed by atoms with van der Waals surface area (Å²) < 4.78 is 18.0. The highest BCUT2D eigenvalue weighted by molar-refractivity contribution is 7.99. The number of aromatic nitrogens is 2. The van der Waals surface area contributed by atoms with Crippen molar-refractivity contribution in [1.82, 2.24) is 10.2 Å². The number of ether oxygens (including phenoxy) is 1. The van der Waals surface area contributed by atoms with Crippen LogP contribution in [0.3, 0.4) is 0 Å². The Morgan fingerprint density at radius 2 is 1.77 bits per heavy atom. The second-order valence-corrected chi connectivity index (χ2v) is 6.32. The Labute approximate surface area is 154 Å². The Morgan fingerprint density at radius 1 is 1.04 bits per heavy atom. The van der Waals surface area contributed by atoms with E-state index in [9.17, 15) is 9.18 Å². The average molecular weight is 369 g/mol. The van der Waals surface area contributed by atoms with Crippen LogP contribution >= 0.6 is 11.8 Å². The maximum atomic E-state index is 12.8. The van der Waals surface area contributed by atoms with Crippen LogP contribution in [0, 0.1) is 5.82 Å². The van der Waals surface area contributed by atoms with Crippen LogP contribution in [0.2, 0.25) is 0 Å². The van der Waals surface area contributed by atoms with Gasteiger partial charge in [-0.2, -0.15) is 0 Å². The molecular weight excluding hydrogens is 353 g/mol. The van der Waals surface area contributed by atoms with Gasteiger partial charge in [0.2, 0.25) is 5.91 Å². The molecule has 0 aliphatic carbocycles. The number of hydrogen-bond donors (Lipinski definition) is 1. The molecule has 0 saturated carbocycles. The van der Waals surface area contributed by atoms with Crippen molar-refractivity contribution in [2.24, 2.45) is 0 Å². The molecule has 0 atom stereocenters. The first-order chi connectivity index (χ1) is 12.6. The first-order valence-corrected chi connectivity index (χ1v) is 8.79. The molecule has 3 rings (SSSR count). The Kier molecular flexibility index (Phi) is 5.80. The number of methoxy groups -OCH3 is 1.